The molecule has 0 aliphatic rings. The molecule has 0 atom stereocenters. The highest BCUT2D eigenvalue weighted by molar-refractivity contribution is 5.96. The zero-order valence-corrected chi connectivity index (χ0v) is 10.7. The number of halogens is 1. The van der Waals surface area contributed by atoms with Crippen LogP contribution in [0.4, 0.5) is 4.39 Å². The van der Waals surface area contributed by atoms with E-state index in [0.29, 0.717) is 5.56 Å². The molecule has 1 rings (SSSR count). The predicted octanol–water partition coefficient (Wildman–Crippen LogP) is 1.65. The highest BCUT2D eigenvalue weighted by atomic mass is 19.1. The quantitative estimate of drug-likeness (QED) is 0.810. The molecule has 1 N–H and O–H groups in total. The third-order valence-corrected chi connectivity index (χ3v) is 2.61. The highest BCUT2D eigenvalue weighted by Gasteiger charge is 2.17. The van der Waals surface area contributed by atoms with E-state index in [2.05, 4.69) is 11.8 Å². The average molecular weight is 249 g/mol. The molecule has 0 radical (unpaired) electrons. The molecule has 96 valence electrons. The standard InChI is InChI=1S/C14H16FNO2/c1-10(2)16(3)14(18)13-9-12(15)7-6-11(13)5-4-8-17/h6-7,9-10,17H,8H2,1-3H3. The van der Waals surface area contributed by atoms with Gasteiger partial charge in [0.05, 0.1) is 5.56 Å². The molecule has 0 fully saturated rings. The number of aliphatic hydroxyl groups excluding tert-OH is 1. The first-order valence-electron chi connectivity index (χ1n) is 5.63. The van der Waals surface area contributed by atoms with Gasteiger partial charge in [0.15, 0.2) is 0 Å². The van der Waals surface area contributed by atoms with Crippen LogP contribution in [-0.2, 0) is 0 Å². The van der Waals surface area contributed by atoms with E-state index in [1.165, 1.54) is 23.1 Å². The van der Waals surface area contributed by atoms with Crippen LogP contribution < -0.4 is 0 Å². The lowest BCUT2D eigenvalue weighted by Crippen LogP contribution is -2.33. The summed E-state index contributed by atoms with van der Waals surface area (Å²) in [6.45, 7) is 3.44. The molecule has 0 saturated heterocycles. The largest absolute Gasteiger partial charge is 0.384 e. The van der Waals surface area contributed by atoms with Crippen LogP contribution in [0.2, 0.25) is 0 Å². The topological polar surface area (TPSA) is 40.5 Å². The lowest BCUT2D eigenvalue weighted by Gasteiger charge is -2.22. The summed E-state index contributed by atoms with van der Waals surface area (Å²) in [5.74, 6) is 4.34. The Morgan fingerprint density at radius 1 is 1.50 bits per heavy atom. The van der Waals surface area contributed by atoms with Crippen LogP contribution in [-0.4, -0.2) is 35.6 Å². The van der Waals surface area contributed by atoms with Crippen molar-refractivity contribution >= 4 is 5.91 Å². The Balaban J connectivity index is 3.20. The van der Waals surface area contributed by atoms with Gasteiger partial charge in [-0.25, -0.2) is 4.39 Å². The van der Waals surface area contributed by atoms with Crippen molar-refractivity contribution < 1.29 is 14.3 Å². The van der Waals surface area contributed by atoms with Crippen LogP contribution in [0.1, 0.15) is 29.8 Å². The summed E-state index contributed by atoms with van der Waals surface area (Å²) in [5.41, 5.74) is 0.634. The predicted molar refractivity (Wildman–Crippen MR) is 67.6 cm³/mol. The van der Waals surface area contributed by atoms with Crippen LogP contribution in [0.15, 0.2) is 18.2 Å². The second-order valence-corrected chi connectivity index (χ2v) is 4.16. The Morgan fingerprint density at radius 2 is 2.17 bits per heavy atom. The van der Waals surface area contributed by atoms with Crippen LogP contribution >= 0.6 is 0 Å². The molecular weight excluding hydrogens is 233 g/mol. The van der Waals surface area contributed by atoms with E-state index in [4.69, 9.17) is 5.11 Å². The fourth-order valence-electron chi connectivity index (χ4n) is 1.36. The lowest BCUT2D eigenvalue weighted by atomic mass is 10.1. The Kier molecular flexibility index (Phi) is 4.87. The minimum Gasteiger partial charge on any atom is -0.384 e. The molecule has 1 aromatic rings. The molecule has 0 aliphatic heterocycles. The van der Waals surface area contributed by atoms with Gasteiger partial charge < -0.3 is 10.0 Å². The van der Waals surface area contributed by atoms with E-state index < -0.39 is 5.82 Å². The summed E-state index contributed by atoms with van der Waals surface area (Å²) in [4.78, 5) is 13.7. The molecule has 0 bridgehead atoms. The number of hydrogen-bond acceptors (Lipinski definition) is 2. The summed E-state index contributed by atoms with van der Waals surface area (Å²) >= 11 is 0. The van der Waals surface area contributed by atoms with Gasteiger partial charge in [-0.1, -0.05) is 11.8 Å². The first-order valence-corrected chi connectivity index (χ1v) is 5.63. The van der Waals surface area contributed by atoms with Crippen molar-refractivity contribution in [2.24, 2.45) is 0 Å². The third kappa shape index (κ3) is 3.31. The zero-order valence-electron chi connectivity index (χ0n) is 10.7. The monoisotopic (exact) mass is 249 g/mol. The first-order chi connectivity index (χ1) is 8.47. The summed E-state index contributed by atoms with van der Waals surface area (Å²) < 4.78 is 13.2. The van der Waals surface area contributed by atoms with Crippen molar-refractivity contribution in [3.05, 3.63) is 35.1 Å². The fraction of sp³-hybridized carbons (Fsp3) is 0.357. The molecule has 18 heavy (non-hydrogen) atoms. The van der Waals surface area contributed by atoms with Crippen LogP contribution in [0.25, 0.3) is 0 Å². The Labute approximate surface area is 106 Å². The Hall–Kier alpha value is -1.86. The number of amides is 1. The molecule has 0 aromatic heterocycles. The van der Waals surface area contributed by atoms with Gasteiger partial charge >= 0.3 is 0 Å². The van der Waals surface area contributed by atoms with Gasteiger partial charge in [0.2, 0.25) is 0 Å². The van der Waals surface area contributed by atoms with Gasteiger partial charge in [-0.3, -0.25) is 4.79 Å². The van der Waals surface area contributed by atoms with E-state index >= 15 is 0 Å². The molecule has 1 amide bonds. The smallest absolute Gasteiger partial charge is 0.255 e. The highest BCUT2D eigenvalue weighted by Crippen LogP contribution is 2.14. The van der Waals surface area contributed by atoms with Crippen molar-refractivity contribution in [1.82, 2.24) is 4.90 Å². The average Bonchev–Trinajstić information content (AvgIpc) is 2.35. The minimum absolute atomic E-state index is 0.0134. The Morgan fingerprint density at radius 3 is 2.72 bits per heavy atom. The number of benzene rings is 1. The first kappa shape index (κ1) is 14.2. The molecule has 4 heteroatoms. The minimum atomic E-state index is -0.481. The van der Waals surface area contributed by atoms with E-state index in [9.17, 15) is 9.18 Å². The van der Waals surface area contributed by atoms with Gasteiger partial charge in [-0.2, -0.15) is 0 Å². The summed E-state index contributed by atoms with van der Waals surface area (Å²) in [6.07, 6.45) is 0. The molecule has 0 unspecified atom stereocenters. The normalized spacial score (nSPS) is 9.89. The Bertz CT molecular complexity index is 500. The summed E-state index contributed by atoms with van der Waals surface area (Å²) in [6, 6.07) is 3.87. The molecule has 0 spiro atoms. The van der Waals surface area contributed by atoms with Crippen LogP contribution in [0.3, 0.4) is 0 Å². The van der Waals surface area contributed by atoms with Gasteiger partial charge in [0.1, 0.15) is 12.4 Å². The second-order valence-electron chi connectivity index (χ2n) is 4.16. The second kappa shape index (κ2) is 6.18. The third-order valence-electron chi connectivity index (χ3n) is 2.61. The molecule has 0 heterocycles. The van der Waals surface area contributed by atoms with Crippen molar-refractivity contribution in [3.63, 3.8) is 0 Å². The van der Waals surface area contributed by atoms with E-state index in [1.807, 2.05) is 13.8 Å². The molecule has 0 saturated carbocycles. The molecule has 3 nitrogen and oxygen atoms in total. The van der Waals surface area contributed by atoms with Gasteiger partial charge in [-0.15, -0.1) is 0 Å². The van der Waals surface area contributed by atoms with Crippen molar-refractivity contribution in [2.45, 2.75) is 19.9 Å². The van der Waals surface area contributed by atoms with Crippen LogP contribution in [0.5, 0.6) is 0 Å². The van der Waals surface area contributed by atoms with E-state index in [-0.39, 0.29) is 24.1 Å². The van der Waals surface area contributed by atoms with Crippen molar-refractivity contribution in [2.75, 3.05) is 13.7 Å². The summed E-state index contributed by atoms with van der Waals surface area (Å²) in [7, 11) is 1.65. The number of nitrogens with zero attached hydrogens (tertiary/aromatic N) is 1. The van der Waals surface area contributed by atoms with Gasteiger partial charge in [0, 0.05) is 18.7 Å². The maximum Gasteiger partial charge on any atom is 0.255 e. The molecule has 0 aliphatic carbocycles. The van der Waals surface area contributed by atoms with E-state index in [1.54, 1.807) is 7.05 Å². The molecule has 1 aromatic carbocycles. The summed E-state index contributed by atoms with van der Waals surface area (Å²) in [5, 5.41) is 8.67. The van der Waals surface area contributed by atoms with Crippen molar-refractivity contribution in [3.8, 4) is 11.8 Å². The maximum absolute atomic E-state index is 13.2. The van der Waals surface area contributed by atoms with Crippen molar-refractivity contribution in [1.29, 1.82) is 0 Å². The maximum atomic E-state index is 13.2. The van der Waals surface area contributed by atoms with Crippen LogP contribution in [0, 0.1) is 17.7 Å². The number of hydrogen-bond donors (Lipinski definition) is 1. The van der Waals surface area contributed by atoms with Gasteiger partial charge in [-0.05, 0) is 32.0 Å². The van der Waals surface area contributed by atoms with E-state index in [0.717, 1.165) is 0 Å². The lowest BCUT2D eigenvalue weighted by molar-refractivity contribution is 0.0754. The molecular formula is C14H16FNO2. The number of aliphatic hydroxyl groups is 1. The van der Waals surface area contributed by atoms with Gasteiger partial charge in [0.25, 0.3) is 5.91 Å². The number of carbonyl (C=O) groups is 1. The number of carbonyl (C=O) groups excluding carboxylic acids is 1. The number of rotatable bonds is 2. The fourth-order valence-corrected chi connectivity index (χ4v) is 1.36. The zero-order chi connectivity index (χ0) is 13.7. The SMILES string of the molecule is CC(C)N(C)C(=O)c1cc(F)ccc1C#CCO.